The van der Waals surface area contributed by atoms with Crippen molar-refractivity contribution in [2.24, 2.45) is 7.05 Å². The van der Waals surface area contributed by atoms with E-state index >= 15 is 0 Å². The molecule has 0 unspecified atom stereocenters. The van der Waals surface area contributed by atoms with Crippen LogP contribution in [0.15, 0.2) is 18.5 Å². The Kier molecular flexibility index (Phi) is 2.61. The van der Waals surface area contributed by atoms with Gasteiger partial charge in [-0.25, -0.2) is 9.97 Å². The lowest BCUT2D eigenvalue weighted by Gasteiger charge is -2.16. The molecular weight excluding hydrogens is 214 g/mol. The Morgan fingerprint density at radius 1 is 1.29 bits per heavy atom. The number of aromatic nitrogens is 4. The molecule has 0 saturated carbocycles. The van der Waals surface area contributed by atoms with Crippen LogP contribution in [0, 0.1) is 0 Å². The highest BCUT2D eigenvalue weighted by molar-refractivity contribution is 5.60. The third-order valence-corrected chi connectivity index (χ3v) is 2.46. The fourth-order valence-electron chi connectivity index (χ4n) is 1.71. The topological polar surface area (TPSA) is 69.6 Å². The molecule has 0 saturated heterocycles. The summed E-state index contributed by atoms with van der Waals surface area (Å²) < 4.78 is 1.78. The van der Waals surface area contributed by atoms with Crippen LogP contribution < -0.4 is 5.73 Å². The molecule has 0 aromatic carbocycles. The summed E-state index contributed by atoms with van der Waals surface area (Å²) >= 11 is 0. The lowest BCUT2D eigenvalue weighted by atomic mass is 9.89. The summed E-state index contributed by atoms with van der Waals surface area (Å²) in [7, 11) is 1.89. The van der Waals surface area contributed by atoms with Crippen molar-refractivity contribution >= 4 is 5.82 Å². The zero-order valence-corrected chi connectivity index (χ0v) is 10.6. The van der Waals surface area contributed by atoms with Gasteiger partial charge in [-0.15, -0.1) is 0 Å². The maximum atomic E-state index is 5.68. The number of nitrogens with two attached hydrogens (primary N) is 1. The van der Waals surface area contributed by atoms with E-state index in [0.717, 1.165) is 11.3 Å². The molecule has 17 heavy (non-hydrogen) atoms. The van der Waals surface area contributed by atoms with E-state index in [2.05, 4.69) is 35.8 Å². The normalized spacial score (nSPS) is 11.8. The van der Waals surface area contributed by atoms with Gasteiger partial charge in [-0.1, -0.05) is 20.8 Å². The summed E-state index contributed by atoms with van der Waals surface area (Å²) in [5, 5.41) is 4.48. The van der Waals surface area contributed by atoms with E-state index in [-0.39, 0.29) is 5.41 Å². The van der Waals surface area contributed by atoms with Crippen LogP contribution in [-0.4, -0.2) is 19.7 Å². The Bertz CT molecular complexity index is 536. The Morgan fingerprint density at radius 2 is 2.00 bits per heavy atom. The van der Waals surface area contributed by atoms with Crippen molar-refractivity contribution in [3.05, 3.63) is 24.2 Å². The first-order valence-corrected chi connectivity index (χ1v) is 5.51. The molecule has 0 spiro atoms. The second-order valence-corrected chi connectivity index (χ2v) is 5.12. The van der Waals surface area contributed by atoms with Gasteiger partial charge in [0.1, 0.15) is 5.82 Å². The fourth-order valence-corrected chi connectivity index (χ4v) is 1.71. The van der Waals surface area contributed by atoms with Gasteiger partial charge in [0.05, 0.1) is 11.3 Å². The van der Waals surface area contributed by atoms with E-state index in [9.17, 15) is 0 Å². The minimum atomic E-state index is -0.0510. The lowest BCUT2D eigenvalue weighted by Crippen LogP contribution is -2.14. The van der Waals surface area contributed by atoms with Crippen molar-refractivity contribution in [1.82, 2.24) is 19.7 Å². The zero-order chi connectivity index (χ0) is 12.6. The van der Waals surface area contributed by atoms with E-state index in [1.807, 2.05) is 13.2 Å². The predicted molar refractivity (Wildman–Crippen MR) is 67.3 cm³/mol. The van der Waals surface area contributed by atoms with Gasteiger partial charge < -0.3 is 5.73 Å². The average molecular weight is 231 g/mol. The predicted octanol–water partition coefficient (Wildman–Crippen LogP) is 1.76. The van der Waals surface area contributed by atoms with E-state index in [4.69, 9.17) is 5.73 Å². The number of nitrogen functional groups attached to an aromatic ring is 1. The van der Waals surface area contributed by atoms with Crippen LogP contribution >= 0.6 is 0 Å². The van der Waals surface area contributed by atoms with Gasteiger partial charge in [-0.05, 0) is 6.07 Å². The van der Waals surface area contributed by atoms with Gasteiger partial charge >= 0.3 is 0 Å². The van der Waals surface area contributed by atoms with E-state index in [1.165, 1.54) is 0 Å². The van der Waals surface area contributed by atoms with Crippen LogP contribution in [0.5, 0.6) is 0 Å². The second kappa shape index (κ2) is 3.84. The quantitative estimate of drug-likeness (QED) is 0.811. The van der Waals surface area contributed by atoms with E-state index < -0.39 is 0 Å². The summed E-state index contributed by atoms with van der Waals surface area (Å²) in [4.78, 5) is 8.50. The molecule has 90 valence electrons. The number of nitrogens with zero attached hydrogens (tertiary/aromatic N) is 4. The summed E-state index contributed by atoms with van der Waals surface area (Å²) in [6.07, 6.45) is 3.59. The molecule has 0 atom stereocenters. The molecule has 2 N–H and O–H groups in total. The van der Waals surface area contributed by atoms with Gasteiger partial charge in [-0.2, -0.15) is 5.10 Å². The third kappa shape index (κ3) is 2.27. The molecule has 5 heteroatoms. The van der Waals surface area contributed by atoms with Crippen molar-refractivity contribution in [2.45, 2.75) is 26.2 Å². The summed E-state index contributed by atoms with van der Waals surface area (Å²) in [6, 6.07) is 1.68. The first-order chi connectivity index (χ1) is 7.88. The van der Waals surface area contributed by atoms with Gasteiger partial charge in [0, 0.05) is 24.9 Å². The molecule has 2 aromatic heterocycles. The van der Waals surface area contributed by atoms with Crippen LogP contribution in [0.25, 0.3) is 11.4 Å². The van der Waals surface area contributed by atoms with Crippen molar-refractivity contribution < 1.29 is 0 Å². The van der Waals surface area contributed by atoms with Crippen molar-refractivity contribution in [2.75, 3.05) is 5.73 Å². The SMILES string of the molecule is Cn1cc(-c2nccc(N)n2)c(C(C)(C)C)n1. The molecular formula is C12H17N5. The maximum absolute atomic E-state index is 5.68. The Morgan fingerprint density at radius 3 is 2.59 bits per heavy atom. The fraction of sp³-hybridized carbons (Fsp3) is 0.417. The number of anilines is 1. The molecule has 2 aromatic rings. The number of hydrogen-bond donors (Lipinski definition) is 1. The molecule has 2 rings (SSSR count). The first kappa shape index (κ1) is 11.6. The Balaban J connectivity index is 2.60. The van der Waals surface area contributed by atoms with Crippen LogP contribution in [0.4, 0.5) is 5.82 Å². The molecule has 0 radical (unpaired) electrons. The third-order valence-electron chi connectivity index (χ3n) is 2.46. The lowest BCUT2D eigenvalue weighted by molar-refractivity contribution is 0.554. The standard InChI is InChI=1S/C12H17N5/c1-12(2,3)10-8(7-17(4)16-10)11-14-6-5-9(13)15-11/h5-7H,1-4H3,(H2,13,14,15). The van der Waals surface area contributed by atoms with Crippen molar-refractivity contribution in [3.8, 4) is 11.4 Å². The van der Waals surface area contributed by atoms with Gasteiger partial charge in [0.15, 0.2) is 5.82 Å². The van der Waals surface area contributed by atoms with Gasteiger partial charge in [0.25, 0.3) is 0 Å². The number of rotatable bonds is 1. The summed E-state index contributed by atoms with van der Waals surface area (Å²) in [5.74, 6) is 1.10. The van der Waals surface area contributed by atoms with E-state index in [1.54, 1.807) is 16.9 Å². The molecule has 0 amide bonds. The summed E-state index contributed by atoms with van der Waals surface area (Å²) in [6.45, 7) is 6.35. The average Bonchev–Trinajstić information content (AvgIpc) is 2.60. The monoisotopic (exact) mass is 231 g/mol. The highest BCUT2D eigenvalue weighted by Gasteiger charge is 2.23. The maximum Gasteiger partial charge on any atom is 0.164 e. The van der Waals surface area contributed by atoms with Gasteiger partial charge in [-0.3, -0.25) is 4.68 Å². The molecule has 0 fully saturated rings. The second-order valence-electron chi connectivity index (χ2n) is 5.12. The number of hydrogen-bond acceptors (Lipinski definition) is 4. The smallest absolute Gasteiger partial charge is 0.164 e. The Labute approximate surface area is 101 Å². The largest absolute Gasteiger partial charge is 0.384 e. The van der Waals surface area contributed by atoms with Crippen molar-refractivity contribution in [3.63, 3.8) is 0 Å². The Hall–Kier alpha value is -1.91. The first-order valence-electron chi connectivity index (χ1n) is 5.51. The van der Waals surface area contributed by atoms with Gasteiger partial charge in [0.2, 0.25) is 0 Å². The molecule has 0 bridgehead atoms. The highest BCUT2D eigenvalue weighted by atomic mass is 15.3. The molecule has 0 aliphatic heterocycles. The zero-order valence-electron chi connectivity index (χ0n) is 10.6. The summed E-state index contributed by atoms with van der Waals surface area (Å²) in [5.41, 5.74) is 7.55. The van der Waals surface area contributed by atoms with Crippen LogP contribution in [0.2, 0.25) is 0 Å². The number of aryl methyl sites for hydroxylation is 1. The highest BCUT2D eigenvalue weighted by Crippen LogP contribution is 2.29. The van der Waals surface area contributed by atoms with Crippen LogP contribution in [0.3, 0.4) is 0 Å². The van der Waals surface area contributed by atoms with Crippen LogP contribution in [0.1, 0.15) is 26.5 Å². The molecule has 2 heterocycles. The van der Waals surface area contributed by atoms with E-state index in [0.29, 0.717) is 11.6 Å². The molecule has 0 aliphatic rings. The van der Waals surface area contributed by atoms with Crippen molar-refractivity contribution in [1.29, 1.82) is 0 Å². The molecule has 5 nitrogen and oxygen atoms in total. The minimum absolute atomic E-state index is 0.0510. The minimum Gasteiger partial charge on any atom is -0.384 e. The molecule has 0 aliphatic carbocycles. The van der Waals surface area contributed by atoms with Crippen LogP contribution in [-0.2, 0) is 12.5 Å².